The molecule has 0 N–H and O–H groups in total. The van der Waals surface area contributed by atoms with Gasteiger partial charge in [0.25, 0.3) is 5.56 Å². The Hall–Kier alpha value is -3.07. The SMILES string of the molecule is CCOC(=O)Oc1c(-c2cc(-c3ccc(Cl)cc3)ccc2C)c(=O)n2n1CCN(OC)CC2. The van der Waals surface area contributed by atoms with E-state index in [0.29, 0.717) is 42.3 Å². The minimum Gasteiger partial charge on any atom is -0.434 e. The number of rotatable bonds is 5. The monoisotopic (exact) mass is 471 g/mol. The average Bonchev–Trinajstić information content (AvgIpc) is 2.94. The normalized spacial score (nSPS) is 13.9. The molecule has 1 aliphatic heterocycles. The Balaban J connectivity index is 1.87. The van der Waals surface area contributed by atoms with Gasteiger partial charge in [0.15, 0.2) is 0 Å². The standard InChI is InChI=1S/C24H26ClN3O5/c1-4-32-24(30)33-23-21(22(29)27-13-11-26(31-3)12-14-28(23)27)20-15-18(6-5-16(20)2)17-7-9-19(25)10-8-17/h5-10,15H,4,11-14H2,1-3H3. The summed E-state index contributed by atoms with van der Waals surface area (Å²) in [7, 11) is 1.59. The van der Waals surface area contributed by atoms with Crippen LogP contribution in [0.2, 0.25) is 5.02 Å². The van der Waals surface area contributed by atoms with Gasteiger partial charge in [-0.05, 0) is 54.3 Å². The second-order valence-corrected chi connectivity index (χ2v) is 8.10. The first-order valence-electron chi connectivity index (χ1n) is 10.8. The second kappa shape index (κ2) is 9.82. The van der Waals surface area contributed by atoms with Crippen LogP contribution in [-0.4, -0.2) is 47.4 Å². The van der Waals surface area contributed by atoms with E-state index in [-0.39, 0.29) is 18.0 Å². The van der Waals surface area contributed by atoms with Crippen molar-refractivity contribution < 1.29 is 19.1 Å². The number of halogens is 1. The first-order valence-corrected chi connectivity index (χ1v) is 11.1. The molecule has 3 aromatic rings. The van der Waals surface area contributed by atoms with Gasteiger partial charge in [0.05, 0.1) is 26.8 Å². The van der Waals surface area contributed by atoms with Crippen molar-refractivity contribution in [2.75, 3.05) is 26.8 Å². The number of benzene rings is 2. The highest BCUT2D eigenvalue weighted by molar-refractivity contribution is 6.30. The van der Waals surface area contributed by atoms with Crippen LogP contribution < -0.4 is 10.3 Å². The highest BCUT2D eigenvalue weighted by Gasteiger charge is 2.28. The summed E-state index contributed by atoms with van der Waals surface area (Å²) < 4.78 is 13.9. The van der Waals surface area contributed by atoms with E-state index < -0.39 is 6.16 Å². The van der Waals surface area contributed by atoms with Gasteiger partial charge in [-0.15, -0.1) is 0 Å². The Morgan fingerprint density at radius 1 is 1.00 bits per heavy atom. The summed E-state index contributed by atoms with van der Waals surface area (Å²) in [6.07, 6.45) is -0.848. The summed E-state index contributed by atoms with van der Waals surface area (Å²) in [6.45, 7) is 5.66. The molecule has 0 saturated carbocycles. The Morgan fingerprint density at radius 2 is 1.67 bits per heavy atom. The molecule has 0 amide bonds. The molecule has 0 radical (unpaired) electrons. The number of aryl methyl sites for hydroxylation is 1. The lowest BCUT2D eigenvalue weighted by Crippen LogP contribution is -2.27. The van der Waals surface area contributed by atoms with Gasteiger partial charge in [-0.3, -0.25) is 4.79 Å². The summed E-state index contributed by atoms with van der Waals surface area (Å²) in [6, 6.07) is 13.4. The minimum atomic E-state index is -0.848. The van der Waals surface area contributed by atoms with Crippen molar-refractivity contribution in [3.8, 4) is 28.1 Å². The fraction of sp³-hybridized carbons (Fsp3) is 0.333. The maximum Gasteiger partial charge on any atom is 0.515 e. The van der Waals surface area contributed by atoms with Gasteiger partial charge >= 0.3 is 6.16 Å². The molecule has 0 saturated heterocycles. The van der Waals surface area contributed by atoms with Crippen molar-refractivity contribution in [2.24, 2.45) is 0 Å². The van der Waals surface area contributed by atoms with Crippen LogP contribution in [0, 0.1) is 6.92 Å². The number of fused-ring (bicyclic) bond motifs is 1. The molecule has 0 aliphatic carbocycles. The van der Waals surface area contributed by atoms with Crippen LogP contribution in [-0.2, 0) is 22.7 Å². The molecule has 0 unspecified atom stereocenters. The first kappa shape index (κ1) is 23.1. The van der Waals surface area contributed by atoms with Crippen LogP contribution >= 0.6 is 11.6 Å². The van der Waals surface area contributed by atoms with Crippen LogP contribution in [0.15, 0.2) is 47.3 Å². The molecule has 2 heterocycles. The summed E-state index contributed by atoms with van der Waals surface area (Å²) in [4.78, 5) is 31.2. The molecule has 1 aliphatic rings. The third-order valence-corrected chi connectivity index (χ3v) is 5.95. The van der Waals surface area contributed by atoms with E-state index in [1.165, 1.54) is 0 Å². The molecule has 174 valence electrons. The third kappa shape index (κ3) is 4.68. The summed E-state index contributed by atoms with van der Waals surface area (Å²) in [5.74, 6) is 0.174. The number of nitrogens with zero attached hydrogens (tertiary/aromatic N) is 3. The predicted octanol–water partition coefficient (Wildman–Crippen LogP) is 4.36. The van der Waals surface area contributed by atoms with E-state index in [1.54, 1.807) is 28.5 Å². The number of aromatic nitrogens is 2. The minimum absolute atomic E-state index is 0.168. The van der Waals surface area contributed by atoms with Crippen molar-refractivity contribution in [1.29, 1.82) is 0 Å². The molecule has 4 rings (SSSR count). The topological polar surface area (TPSA) is 74.9 Å². The highest BCUT2D eigenvalue weighted by Crippen LogP contribution is 2.34. The quantitative estimate of drug-likeness (QED) is 0.515. The van der Waals surface area contributed by atoms with Gasteiger partial charge in [0.1, 0.15) is 5.56 Å². The largest absolute Gasteiger partial charge is 0.515 e. The first-order chi connectivity index (χ1) is 15.9. The van der Waals surface area contributed by atoms with Gasteiger partial charge in [-0.1, -0.05) is 35.9 Å². The number of carbonyl (C=O) groups is 1. The van der Waals surface area contributed by atoms with Crippen LogP contribution in [0.5, 0.6) is 5.88 Å². The Kier molecular flexibility index (Phi) is 6.88. The molecule has 0 spiro atoms. The maximum atomic E-state index is 13.6. The Bertz CT molecular complexity index is 1220. The maximum absolute atomic E-state index is 13.6. The van der Waals surface area contributed by atoms with E-state index in [2.05, 4.69) is 0 Å². The molecule has 0 bridgehead atoms. The molecule has 33 heavy (non-hydrogen) atoms. The number of hydrogen-bond acceptors (Lipinski definition) is 6. The van der Waals surface area contributed by atoms with Gasteiger partial charge in [-0.2, -0.15) is 5.06 Å². The second-order valence-electron chi connectivity index (χ2n) is 7.66. The van der Waals surface area contributed by atoms with E-state index in [4.69, 9.17) is 25.9 Å². The van der Waals surface area contributed by atoms with E-state index in [0.717, 1.165) is 16.7 Å². The lowest BCUT2D eigenvalue weighted by atomic mass is 9.96. The fourth-order valence-electron chi connectivity index (χ4n) is 3.99. The van der Waals surface area contributed by atoms with Crippen LogP contribution in [0.4, 0.5) is 4.79 Å². The number of ether oxygens (including phenoxy) is 2. The zero-order valence-corrected chi connectivity index (χ0v) is 19.6. The molecule has 9 heteroatoms. The van der Waals surface area contributed by atoms with Crippen LogP contribution in [0.3, 0.4) is 0 Å². The zero-order chi connectivity index (χ0) is 23.5. The van der Waals surface area contributed by atoms with Gasteiger partial charge in [0, 0.05) is 18.1 Å². The third-order valence-electron chi connectivity index (χ3n) is 5.70. The van der Waals surface area contributed by atoms with E-state index >= 15 is 0 Å². The van der Waals surface area contributed by atoms with E-state index in [1.807, 2.05) is 49.4 Å². The Morgan fingerprint density at radius 3 is 2.33 bits per heavy atom. The van der Waals surface area contributed by atoms with Crippen molar-refractivity contribution in [3.63, 3.8) is 0 Å². The molecule has 2 aromatic carbocycles. The number of carbonyl (C=O) groups excluding carboxylic acids is 1. The lowest BCUT2D eigenvalue weighted by Gasteiger charge is -2.16. The molecular weight excluding hydrogens is 446 g/mol. The van der Waals surface area contributed by atoms with Crippen molar-refractivity contribution in [1.82, 2.24) is 14.4 Å². The van der Waals surface area contributed by atoms with Gasteiger partial charge in [0.2, 0.25) is 5.88 Å². The molecule has 8 nitrogen and oxygen atoms in total. The summed E-state index contributed by atoms with van der Waals surface area (Å²) in [5, 5.41) is 2.41. The fourth-order valence-corrected chi connectivity index (χ4v) is 4.12. The zero-order valence-electron chi connectivity index (χ0n) is 18.8. The van der Waals surface area contributed by atoms with Crippen molar-refractivity contribution in [3.05, 3.63) is 63.4 Å². The smallest absolute Gasteiger partial charge is 0.434 e. The molecular formula is C24H26ClN3O5. The molecule has 0 fully saturated rings. The van der Waals surface area contributed by atoms with Gasteiger partial charge in [-0.25, -0.2) is 14.2 Å². The average molecular weight is 472 g/mol. The predicted molar refractivity (Wildman–Crippen MR) is 126 cm³/mol. The van der Waals surface area contributed by atoms with Gasteiger partial charge < -0.3 is 14.3 Å². The number of hydrogen-bond donors (Lipinski definition) is 0. The van der Waals surface area contributed by atoms with Crippen LogP contribution in [0.1, 0.15) is 12.5 Å². The van der Waals surface area contributed by atoms with E-state index in [9.17, 15) is 9.59 Å². The lowest BCUT2D eigenvalue weighted by molar-refractivity contribution is -0.130. The Labute approximate surface area is 196 Å². The summed E-state index contributed by atoms with van der Waals surface area (Å²) in [5.41, 5.74) is 3.57. The molecule has 0 atom stereocenters. The highest BCUT2D eigenvalue weighted by atomic mass is 35.5. The summed E-state index contributed by atoms with van der Waals surface area (Å²) >= 11 is 6.04. The van der Waals surface area contributed by atoms with Crippen molar-refractivity contribution >= 4 is 17.8 Å². The number of hydroxylamine groups is 2. The molecule has 1 aromatic heterocycles. The van der Waals surface area contributed by atoms with Crippen molar-refractivity contribution in [2.45, 2.75) is 26.9 Å². The van der Waals surface area contributed by atoms with Crippen LogP contribution in [0.25, 0.3) is 22.3 Å².